The summed E-state index contributed by atoms with van der Waals surface area (Å²) < 4.78 is 6.72. The summed E-state index contributed by atoms with van der Waals surface area (Å²) in [7, 11) is 0. The number of hydrogen-bond acceptors (Lipinski definition) is 2. The van der Waals surface area contributed by atoms with Crippen LogP contribution in [0.15, 0.2) is 57.4 Å². The van der Waals surface area contributed by atoms with Gasteiger partial charge in [-0.2, -0.15) is 0 Å². The fraction of sp³-hybridized carbons (Fsp3) is 0.0714. The van der Waals surface area contributed by atoms with Crippen molar-refractivity contribution in [3.8, 4) is 0 Å². The zero-order valence-electron chi connectivity index (χ0n) is 9.06. The van der Waals surface area contributed by atoms with E-state index >= 15 is 0 Å². The molecular formula is C14H10BrNO. The zero-order chi connectivity index (χ0) is 11.7. The van der Waals surface area contributed by atoms with Crippen molar-refractivity contribution < 1.29 is 4.42 Å². The van der Waals surface area contributed by atoms with Gasteiger partial charge in [0.1, 0.15) is 5.52 Å². The van der Waals surface area contributed by atoms with E-state index in [4.69, 9.17) is 4.42 Å². The molecular weight excluding hydrogens is 278 g/mol. The predicted molar refractivity (Wildman–Crippen MR) is 71.0 cm³/mol. The van der Waals surface area contributed by atoms with Crippen LogP contribution in [0.1, 0.15) is 11.5 Å². The van der Waals surface area contributed by atoms with Crippen LogP contribution in [-0.2, 0) is 6.42 Å². The molecule has 0 amide bonds. The monoisotopic (exact) mass is 287 g/mol. The van der Waals surface area contributed by atoms with E-state index in [0.29, 0.717) is 0 Å². The lowest BCUT2D eigenvalue weighted by atomic mass is 10.1. The predicted octanol–water partition coefficient (Wildman–Crippen LogP) is 4.18. The molecule has 0 spiro atoms. The molecule has 84 valence electrons. The Morgan fingerprint density at radius 2 is 1.88 bits per heavy atom. The van der Waals surface area contributed by atoms with Crippen molar-refractivity contribution in [1.82, 2.24) is 4.98 Å². The number of nitrogens with zero attached hydrogens (tertiary/aromatic N) is 1. The second-order valence-electron chi connectivity index (χ2n) is 3.88. The molecule has 0 N–H and O–H groups in total. The summed E-state index contributed by atoms with van der Waals surface area (Å²) in [6.07, 6.45) is 0.729. The summed E-state index contributed by atoms with van der Waals surface area (Å²) >= 11 is 3.42. The molecule has 1 heterocycles. The van der Waals surface area contributed by atoms with Crippen molar-refractivity contribution in [3.05, 3.63) is 64.5 Å². The SMILES string of the molecule is Brc1ccc2nc(Cc3ccccc3)oc2c1. The van der Waals surface area contributed by atoms with Crippen LogP contribution >= 0.6 is 15.9 Å². The average Bonchev–Trinajstić information content (AvgIpc) is 2.71. The molecule has 0 unspecified atom stereocenters. The van der Waals surface area contributed by atoms with Crippen molar-refractivity contribution >= 4 is 27.0 Å². The lowest BCUT2D eigenvalue weighted by Gasteiger charge is -1.94. The standard InChI is InChI=1S/C14H10BrNO/c15-11-6-7-12-13(9-11)17-14(16-12)8-10-4-2-1-3-5-10/h1-7,9H,8H2. The Morgan fingerprint density at radius 3 is 2.71 bits per heavy atom. The number of oxazole rings is 1. The van der Waals surface area contributed by atoms with Gasteiger partial charge >= 0.3 is 0 Å². The fourth-order valence-electron chi connectivity index (χ4n) is 1.79. The van der Waals surface area contributed by atoms with E-state index in [1.165, 1.54) is 5.56 Å². The number of fused-ring (bicyclic) bond motifs is 1. The first kappa shape index (κ1) is 10.5. The van der Waals surface area contributed by atoms with Crippen LogP contribution in [0.2, 0.25) is 0 Å². The molecule has 0 aliphatic heterocycles. The lowest BCUT2D eigenvalue weighted by molar-refractivity contribution is 0.544. The van der Waals surface area contributed by atoms with Gasteiger partial charge in [-0.05, 0) is 23.8 Å². The highest BCUT2D eigenvalue weighted by Gasteiger charge is 2.06. The van der Waals surface area contributed by atoms with Crippen LogP contribution in [0.3, 0.4) is 0 Å². The summed E-state index contributed by atoms with van der Waals surface area (Å²) in [5.41, 5.74) is 2.93. The van der Waals surface area contributed by atoms with Gasteiger partial charge in [0, 0.05) is 10.9 Å². The number of halogens is 1. The minimum absolute atomic E-state index is 0.729. The first-order valence-electron chi connectivity index (χ1n) is 5.40. The van der Waals surface area contributed by atoms with Crippen molar-refractivity contribution in [2.75, 3.05) is 0 Å². The van der Waals surface area contributed by atoms with Crippen molar-refractivity contribution in [2.24, 2.45) is 0 Å². The first-order valence-corrected chi connectivity index (χ1v) is 6.19. The normalized spacial score (nSPS) is 10.9. The largest absolute Gasteiger partial charge is 0.440 e. The number of aromatic nitrogens is 1. The average molecular weight is 288 g/mol. The van der Waals surface area contributed by atoms with Crippen LogP contribution in [0.25, 0.3) is 11.1 Å². The second kappa shape index (κ2) is 4.34. The Bertz CT molecular complexity index is 646. The van der Waals surface area contributed by atoms with Gasteiger partial charge in [0.2, 0.25) is 0 Å². The third-order valence-electron chi connectivity index (χ3n) is 2.59. The van der Waals surface area contributed by atoms with Crippen LogP contribution < -0.4 is 0 Å². The number of hydrogen-bond donors (Lipinski definition) is 0. The highest BCUT2D eigenvalue weighted by Crippen LogP contribution is 2.21. The highest BCUT2D eigenvalue weighted by molar-refractivity contribution is 9.10. The molecule has 0 fully saturated rings. The molecule has 2 aromatic carbocycles. The minimum Gasteiger partial charge on any atom is -0.440 e. The van der Waals surface area contributed by atoms with Crippen LogP contribution in [0, 0.1) is 0 Å². The van der Waals surface area contributed by atoms with Gasteiger partial charge < -0.3 is 4.42 Å². The quantitative estimate of drug-likeness (QED) is 0.707. The molecule has 0 radical (unpaired) electrons. The maximum atomic E-state index is 5.71. The Kier molecular flexibility index (Phi) is 2.69. The minimum atomic E-state index is 0.729. The van der Waals surface area contributed by atoms with Crippen molar-refractivity contribution in [2.45, 2.75) is 6.42 Å². The van der Waals surface area contributed by atoms with Gasteiger partial charge in [0.25, 0.3) is 0 Å². The molecule has 3 rings (SSSR count). The van der Waals surface area contributed by atoms with Crippen LogP contribution in [0.4, 0.5) is 0 Å². The van der Waals surface area contributed by atoms with Crippen molar-refractivity contribution in [3.63, 3.8) is 0 Å². The molecule has 0 aliphatic carbocycles. The molecule has 2 nitrogen and oxygen atoms in total. The highest BCUT2D eigenvalue weighted by atomic mass is 79.9. The molecule has 17 heavy (non-hydrogen) atoms. The number of rotatable bonds is 2. The van der Waals surface area contributed by atoms with E-state index in [-0.39, 0.29) is 0 Å². The fourth-order valence-corrected chi connectivity index (χ4v) is 2.13. The molecule has 0 saturated heterocycles. The lowest BCUT2D eigenvalue weighted by Crippen LogP contribution is -1.86. The third kappa shape index (κ3) is 2.24. The zero-order valence-corrected chi connectivity index (χ0v) is 10.6. The molecule has 0 aliphatic rings. The van der Waals surface area contributed by atoms with Crippen molar-refractivity contribution in [1.29, 1.82) is 0 Å². The summed E-state index contributed by atoms with van der Waals surface area (Å²) in [5, 5.41) is 0. The Balaban J connectivity index is 1.96. The molecule has 3 aromatic rings. The summed E-state index contributed by atoms with van der Waals surface area (Å²) in [6, 6.07) is 16.1. The summed E-state index contributed by atoms with van der Waals surface area (Å²) in [4.78, 5) is 4.46. The van der Waals surface area contributed by atoms with E-state index in [1.54, 1.807) is 0 Å². The van der Waals surface area contributed by atoms with Gasteiger partial charge in [-0.25, -0.2) is 4.98 Å². The van der Waals surface area contributed by atoms with Gasteiger partial charge in [-0.3, -0.25) is 0 Å². The number of benzene rings is 2. The van der Waals surface area contributed by atoms with Crippen LogP contribution in [-0.4, -0.2) is 4.98 Å². The third-order valence-corrected chi connectivity index (χ3v) is 3.09. The van der Waals surface area contributed by atoms with Crippen LogP contribution in [0.5, 0.6) is 0 Å². The van der Waals surface area contributed by atoms with E-state index in [9.17, 15) is 0 Å². The van der Waals surface area contributed by atoms with E-state index in [2.05, 4.69) is 33.0 Å². The molecule has 3 heteroatoms. The topological polar surface area (TPSA) is 26.0 Å². The van der Waals surface area contributed by atoms with E-state index < -0.39 is 0 Å². The maximum absolute atomic E-state index is 5.71. The summed E-state index contributed by atoms with van der Waals surface area (Å²) in [6.45, 7) is 0. The Morgan fingerprint density at radius 1 is 1.06 bits per heavy atom. The maximum Gasteiger partial charge on any atom is 0.199 e. The van der Waals surface area contributed by atoms with Gasteiger partial charge in [0.15, 0.2) is 11.5 Å². The van der Waals surface area contributed by atoms with E-state index in [0.717, 1.165) is 27.9 Å². The van der Waals surface area contributed by atoms with E-state index in [1.807, 2.05) is 36.4 Å². The Hall–Kier alpha value is -1.61. The molecule has 1 aromatic heterocycles. The second-order valence-corrected chi connectivity index (χ2v) is 4.80. The Labute approximate surface area is 107 Å². The van der Waals surface area contributed by atoms with Gasteiger partial charge in [-0.15, -0.1) is 0 Å². The first-order chi connectivity index (χ1) is 8.31. The smallest absolute Gasteiger partial charge is 0.199 e. The molecule has 0 bridgehead atoms. The summed E-state index contributed by atoms with van der Waals surface area (Å²) in [5.74, 6) is 0.754. The molecule has 0 saturated carbocycles. The van der Waals surface area contributed by atoms with Gasteiger partial charge in [0.05, 0.1) is 0 Å². The molecule has 0 atom stereocenters. The van der Waals surface area contributed by atoms with Gasteiger partial charge in [-0.1, -0.05) is 46.3 Å².